The molecular formula is C41H35ClN8. The number of halogens is 1. The molecule has 0 spiro atoms. The third-order valence-corrected chi connectivity index (χ3v) is 9.69. The lowest BCUT2D eigenvalue weighted by molar-refractivity contribution is 0.451. The Balaban J connectivity index is 1.24. The molecule has 8 aromatic rings. The van der Waals surface area contributed by atoms with Gasteiger partial charge in [0.1, 0.15) is 16.4 Å². The summed E-state index contributed by atoms with van der Waals surface area (Å²) in [5, 5.41) is 19.1. The van der Waals surface area contributed by atoms with E-state index in [0.717, 1.165) is 57.5 Å². The molecule has 0 aliphatic heterocycles. The lowest BCUT2D eigenvalue weighted by Crippen LogP contribution is -2.39. The molecule has 0 aliphatic rings. The summed E-state index contributed by atoms with van der Waals surface area (Å²) in [6.45, 7) is 4.66. The number of fused-ring (bicyclic) bond motifs is 1. The standard InChI is InChI=1S/C41H35ClN8/c1-3-15-37-38(42)40-43-29(2)45-50(40)48(37)28-30-24-26-31(27-25-30)35-22-13-14-23-36(35)39-44-46-47-49(39)41(32-16-7-4-8-17-32,33-18-9-5-10-19-33)34-20-11-6-12-21-34/h4-14,16-27H,3,15,28H2,1-2H3. The van der Waals surface area contributed by atoms with Gasteiger partial charge in [0.05, 0.1) is 12.2 Å². The number of hydrogen-bond donors (Lipinski definition) is 0. The molecule has 9 heteroatoms. The molecule has 0 aliphatic carbocycles. The predicted molar refractivity (Wildman–Crippen MR) is 197 cm³/mol. The second kappa shape index (κ2) is 13.2. The van der Waals surface area contributed by atoms with Crippen LogP contribution in [0.3, 0.4) is 0 Å². The lowest BCUT2D eigenvalue weighted by Gasteiger charge is -2.36. The van der Waals surface area contributed by atoms with Gasteiger partial charge in [-0.1, -0.05) is 164 Å². The molecular weight excluding hydrogens is 640 g/mol. The highest BCUT2D eigenvalue weighted by Gasteiger charge is 2.42. The van der Waals surface area contributed by atoms with Gasteiger partial charge in [-0.2, -0.15) is 0 Å². The van der Waals surface area contributed by atoms with Crippen molar-refractivity contribution in [3.05, 3.63) is 178 Å². The zero-order valence-corrected chi connectivity index (χ0v) is 28.6. The molecule has 8 nitrogen and oxygen atoms in total. The van der Waals surface area contributed by atoms with E-state index < -0.39 is 5.54 Å². The number of hydrogen-bond acceptors (Lipinski definition) is 5. The van der Waals surface area contributed by atoms with Crippen LogP contribution in [0.2, 0.25) is 5.02 Å². The second-order valence-electron chi connectivity index (χ2n) is 12.4. The highest BCUT2D eigenvalue weighted by molar-refractivity contribution is 6.34. The summed E-state index contributed by atoms with van der Waals surface area (Å²) >= 11 is 6.79. The van der Waals surface area contributed by atoms with E-state index >= 15 is 0 Å². The first-order chi connectivity index (χ1) is 24.6. The Morgan fingerprint density at radius 3 is 1.82 bits per heavy atom. The van der Waals surface area contributed by atoms with Gasteiger partial charge in [-0.05, 0) is 57.2 Å². The number of aromatic nitrogens is 8. The molecule has 0 saturated carbocycles. The SMILES string of the molecule is CCCc1c(Cl)c2nc(C)nn2n1Cc1ccc(-c2ccccc2-c2nnnn2C(c2ccccc2)(c2ccccc2)c2ccccc2)cc1. The summed E-state index contributed by atoms with van der Waals surface area (Å²) in [4.78, 5) is 4.57. The third kappa shape index (κ3) is 5.29. The highest BCUT2D eigenvalue weighted by atomic mass is 35.5. The molecule has 0 bridgehead atoms. The van der Waals surface area contributed by atoms with E-state index in [4.69, 9.17) is 21.9 Å². The van der Waals surface area contributed by atoms with Crippen LogP contribution in [0, 0.1) is 6.92 Å². The first-order valence-corrected chi connectivity index (χ1v) is 17.2. The topological polar surface area (TPSA) is 78.7 Å². The quantitative estimate of drug-likeness (QED) is 0.136. The number of nitrogens with zero attached hydrogens (tertiary/aromatic N) is 8. The van der Waals surface area contributed by atoms with Crippen LogP contribution in [-0.4, -0.2) is 39.6 Å². The molecule has 0 fully saturated rings. The minimum absolute atomic E-state index is 0.620. The van der Waals surface area contributed by atoms with Crippen LogP contribution in [0.25, 0.3) is 28.2 Å². The van der Waals surface area contributed by atoms with Gasteiger partial charge in [-0.25, -0.2) is 9.67 Å². The summed E-state index contributed by atoms with van der Waals surface area (Å²) < 4.78 is 5.95. The molecule has 3 heterocycles. The average molecular weight is 675 g/mol. The zero-order valence-electron chi connectivity index (χ0n) is 27.9. The van der Waals surface area contributed by atoms with Crippen molar-refractivity contribution in [1.82, 2.24) is 39.6 Å². The van der Waals surface area contributed by atoms with Gasteiger partial charge in [0.15, 0.2) is 11.5 Å². The number of tetrazole rings is 1. The van der Waals surface area contributed by atoms with E-state index in [9.17, 15) is 0 Å². The Labute approximate surface area is 295 Å². The molecule has 50 heavy (non-hydrogen) atoms. The van der Waals surface area contributed by atoms with Gasteiger partial charge >= 0.3 is 0 Å². The van der Waals surface area contributed by atoms with Crippen molar-refractivity contribution in [2.45, 2.75) is 38.8 Å². The minimum atomic E-state index is -0.848. The summed E-state index contributed by atoms with van der Waals surface area (Å²) in [6.07, 6.45) is 1.82. The average Bonchev–Trinajstić information content (AvgIpc) is 3.87. The van der Waals surface area contributed by atoms with Crippen molar-refractivity contribution in [2.75, 3.05) is 0 Å². The fraction of sp³-hybridized carbons (Fsp3) is 0.146. The molecule has 5 aromatic carbocycles. The molecule has 3 aromatic heterocycles. The summed E-state index contributed by atoms with van der Waals surface area (Å²) in [6, 6.07) is 48.4. The Bertz CT molecular complexity index is 2280. The van der Waals surface area contributed by atoms with Gasteiger partial charge in [-0.3, -0.25) is 4.68 Å². The lowest BCUT2D eigenvalue weighted by atomic mass is 9.77. The van der Waals surface area contributed by atoms with Crippen LogP contribution in [0.4, 0.5) is 0 Å². The van der Waals surface area contributed by atoms with Gasteiger partial charge in [0.2, 0.25) is 0 Å². The second-order valence-corrected chi connectivity index (χ2v) is 12.8. The number of aryl methyl sites for hydroxylation is 1. The van der Waals surface area contributed by atoms with E-state index in [-0.39, 0.29) is 0 Å². The van der Waals surface area contributed by atoms with Crippen LogP contribution < -0.4 is 0 Å². The Hall–Kier alpha value is -5.86. The van der Waals surface area contributed by atoms with Crippen LogP contribution in [0.15, 0.2) is 140 Å². The van der Waals surface area contributed by atoms with Crippen LogP contribution >= 0.6 is 11.6 Å². The van der Waals surface area contributed by atoms with Crippen molar-refractivity contribution in [2.24, 2.45) is 0 Å². The van der Waals surface area contributed by atoms with Crippen LogP contribution in [0.5, 0.6) is 0 Å². The fourth-order valence-electron chi connectivity index (χ4n) is 7.08. The van der Waals surface area contributed by atoms with Crippen LogP contribution in [0.1, 0.15) is 47.1 Å². The molecule has 0 atom stereocenters. The van der Waals surface area contributed by atoms with E-state index in [1.54, 1.807) is 0 Å². The van der Waals surface area contributed by atoms with Gasteiger partial charge < -0.3 is 0 Å². The van der Waals surface area contributed by atoms with E-state index in [2.05, 4.69) is 142 Å². The molecule has 0 N–H and O–H groups in total. The number of benzene rings is 5. The molecule has 0 amide bonds. The number of rotatable bonds is 10. The molecule has 246 valence electrons. The maximum absolute atomic E-state index is 6.79. The van der Waals surface area contributed by atoms with Crippen molar-refractivity contribution in [3.8, 4) is 22.5 Å². The maximum Gasteiger partial charge on any atom is 0.194 e. The molecule has 0 unspecified atom stereocenters. The Kier molecular flexibility index (Phi) is 8.30. The zero-order chi connectivity index (χ0) is 34.1. The first-order valence-electron chi connectivity index (χ1n) is 16.8. The maximum atomic E-state index is 6.79. The van der Waals surface area contributed by atoms with Crippen molar-refractivity contribution in [3.63, 3.8) is 0 Å². The summed E-state index contributed by atoms with van der Waals surface area (Å²) in [5.41, 5.74) is 8.21. The first kappa shape index (κ1) is 31.4. The van der Waals surface area contributed by atoms with Gasteiger partial charge in [-0.15, -0.1) is 14.8 Å². The van der Waals surface area contributed by atoms with E-state index in [0.29, 0.717) is 28.9 Å². The van der Waals surface area contributed by atoms with Crippen LogP contribution in [-0.2, 0) is 18.5 Å². The Morgan fingerprint density at radius 2 is 1.24 bits per heavy atom. The van der Waals surface area contributed by atoms with E-state index in [1.807, 2.05) is 40.5 Å². The predicted octanol–water partition coefficient (Wildman–Crippen LogP) is 8.65. The molecule has 0 saturated heterocycles. The highest BCUT2D eigenvalue weighted by Crippen LogP contribution is 2.43. The fourth-order valence-corrected chi connectivity index (χ4v) is 7.39. The van der Waals surface area contributed by atoms with Gasteiger partial charge in [0, 0.05) is 5.56 Å². The third-order valence-electron chi connectivity index (χ3n) is 9.30. The molecule has 0 radical (unpaired) electrons. The van der Waals surface area contributed by atoms with Crippen molar-refractivity contribution >= 4 is 17.2 Å². The van der Waals surface area contributed by atoms with E-state index in [1.165, 1.54) is 0 Å². The van der Waals surface area contributed by atoms with Crippen molar-refractivity contribution in [1.29, 1.82) is 0 Å². The smallest absolute Gasteiger partial charge is 0.194 e. The van der Waals surface area contributed by atoms with Gasteiger partial charge in [0.25, 0.3) is 0 Å². The largest absolute Gasteiger partial charge is 0.261 e. The van der Waals surface area contributed by atoms with Crippen molar-refractivity contribution < 1.29 is 0 Å². The summed E-state index contributed by atoms with van der Waals surface area (Å²) in [5.74, 6) is 1.36. The molecule has 8 rings (SSSR count). The normalized spacial score (nSPS) is 11.7. The minimum Gasteiger partial charge on any atom is -0.261 e. The monoisotopic (exact) mass is 674 g/mol. The summed E-state index contributed by atoms with van der Waals surface area (Å²) in [7, 11) is 0. The Morgan fingerprint density at radius 1 is 0.680 bits per heavy atom.